The van der Waals surface area contributed by atoms with E-state index in [9.17, 15) is 14.0 Å². The fraction of sp³-hybridized carbons (Fsp3) is 0.750. The number of halogens is 1. The van der Waals surface area contributed by atoms with Crippen LogP contribution in [0.2, 0.25) is 0 Å². The molecular formula is C8H11FO4. The molecule has 13 heavy (non-hydrogen) atoms. The van der Waals surface area contributed by atoms with Crippen molar-refractivity contribution in [3.8, 4) is 0 Å². The Labute approximate surface area is 74.7 Å². The van der Waals surface area contributed by atoms with Crippen molar-refractivity contribution in [2.45, 2.75) is 32.0 Å². The molecule has 5 heteroatoms. The van der Waals surface area contributed by atoms with Crippen LogP contribution in [0.15, 0.2) is 0 Å². The SMILES string of the molecule is CC1C(CC(=O)O)OC(=O)C1(C)F. The van der Waals surface area contributed by atoms with Gasteiger partial charge in [-0.1, -0.05) is 6.92 Å². The van der Waals surface area contributed by atoms with Crippen molar-refractivity contribution in [2.75, 3.05) is 0 Å². The molecule has 3 atom stereocenters. The maximum atomic E-state index is 13.4. The Kier molecular flexibility index (Phi) is 2.28. The van der Waals surface area contributed by atoms with Crippen LogP contribution in [0, 0.1) is 5.92 Å². The van der Waals surface area contributed by atoms with Gasteiger partial charge < -0.3 is 9.84 Å². The van der Waals surface area contributed by atoms with E-state index in [-0.39, 0.29) is 6.42 Å². The number of carboxylic acid groups (broad SMARTS) is 1. The summed E-state index contributed by atoms with van der Waals surface area (Å²) in [4.78, 5) is 21.2. The molecule has 1 aliphatic heterocycles. The van der Waals surface area contributed by atoms with Gasteiger partial charge in [-0.15, -0.1) is 0 Å². The molecule has 0 spiro atoms. The van der Waals surface area contributed by atoms with Crippen LogP contribution < -0.4 is 0 Å². The van der Waals surface area contributed by atoms with Crippen molar-refractivity contribution in [3.05, 3.63) is 0 Å². The van der Waals surface area contributed by atoms with Crippen molar-refractivity contribution < 1.29 is 23.8 Å². The Balaban J connectivity index is 2.73. The van der Waals surface area contributed by atoms with Gasteiger partial charge >= 0.3 is 11.9 Å². The lowest BCUT2D eigenvalue weighted by molar-refractivity contribution is -0.151. The van der Waals surface area contributed by atoms with Gasteiger partial charge in [0.05, 0.1) is 6.42 Å². The summed E-state index contributed by atoms with van der Waals surface area (Å²) in [5.41, 5.74) is -2.06. The van der Waals surface area contributed by atoms with E-state index in [0.717, 1.165) is 6.92 Å². The first-order valence-electron chi connectivity index (χ1n) is 3.97. The highest BCUT2D eigenvalue weighted by Gasteiger charge is 2.53. The van der Waals surface area contributed by atoms with E-state index in [0.29, 0.717) is 0 Å². The standard InChI is InChI=1S/C8H11FO4/c1-4-5(3-6(10)11)13-7(12)8(4,2)9/h4-5H,3H2,1-2H3,(H,10,11). The molecule has 0 aliphatic carbocycles. The normalized spacial score (nSPS) is 38.8. The molecule has 0 aromatic rings. The molecule has 3 unspecified atom stereocenters. The third-order valence-corrected chi connectivity index (χ3v) is 2.45. The molecule has 0 aromatic heterocycles. The predicted molar refractivity (Wildman–Crippen MR) is 40.8 cm³/mol. The number of carbonyl (C=O) groups excluding carboxylic acids is 1. The average Bonchev–Trinajstić information content (AvgIpc) is 2.15. The molecule has 0 amide bonds. The smallest absolute Gasteiger partial charge is 0.344 e. The first kappa shape index (κ1) is 9.95. The minimum absolute atomic E-state index is 0.341. The minimum Gasteiger partial charge on any atom is -0.481 e. The number of carboxylic acids is 1. The van der Waals surface area contributed by atoms with Crippen LogP contribution >= 0.6 is 0 Å². The molecule has 0 saturated carbocycles. The Morgan fingerprint density at radius 3 is 2.62 bits per heavy atom. The van der Waals surface area contributed by atoms with Crippen LogP contribution in [0.3, 0.4) is 0 Å². The van der Waals surface area contributed by atoms with Crippen molar-refractivity contribution in [1.29, 1.82) is 0 Å². The van der Waals surface area contributed by atoms with Crippen molar-refractivity contribution in [2.24, 2.45) is 5.92 Å². The van der Waals surface area contributed by atoms with E-state index in [1.807, 2.05) is 0 Å². The van der Waals surface area contributed by atoms with Crippen LogP contribution in [0.5, 0.6) is 0 Å². The molecular weight excluding hydrogens is 179 g/mol. The lowest BCUT2D eigenvalue weighted by atomic mass is 9.90. The highest BCUT2D eigenvalue weighted by molar-refractivity contribution is 5.82. The first-order chi connectivity index (χ1) is 5.85. The van der Waals surface area contributed by atoms with Crippen molar-refractivity contribution in [3.63, 3.8) is 0 Å². The third-order valence-electron chi connectivity index (χ3n) is 2.45. The second kappa shape index (κ2) is 2.97. The number of rotatable bonds is 2. The summed E-state index contributed by atoms with van der Waals surface area (Å²) in [5, 5.41) is 8.43. The summed E-state index contributed by atoms with van der Waals surface area (Å²) in [7, 11) is 0. The Morgan fingerprint density at radius 1 is 1.77 bits per heavy atom. The Morgan fingerprint density at radius 2 is 2.31 bits per heavy atom. The average molecular weight is 190 g/mol. The first-order valence-corrected chi connectivity index (χ1v) is 3.97. The van der Waals surface area contributed by atoms with E-state index in [1.165, 1.54) is 6.92 Å². The van der Waals surface area contributed by atoms with E-state index < -0.39 is 29.6 Å². The number of aliphatic carboxylic acids is 1. The van der Waals surface area contributed by atoms with Gasteiger partial charge in [-0.2, -0.15) is 0 Å². The summed E-state index contributed by atoms with van der Waals surface area (Å²) in [6, 6.07) is 0. The number of esters is 1. The number of hydrogen-bond donors (Lipinski definition) is 1. The topological polar surface area (TPSA) is 63.6 Å². The van der Waals surface area contributed by atoms with E-state index >= 15 is 0 Å². The fourth-order valence-corrected chi connectivity index (χ4v) is 1.28. The zero-order valence-electron chi connectivity index (χ0n) is 7.41. The summed E-state index contributed by atoms with van der Waals surface area (Å²) in [6.45, 7) is 2.58. The Hall–Kier alpha value is -1.13. The largest absolute Gasteiger partial charge is 0.481 e. The molecule has 1 N–H and O–H groups in total. The fourth-order valence-electron chi connectivity index (χ4n) is 1.28. The van der Waals surface area contributed by atoms with Gasteiger partial charge in [0.1, 0.15) is 6.10 Å². The maximum Gasteiger partial charge on any atom is 0.344 e. The van der Waals surface area contributed by atoms with Crippen LogP contribution in [0.1, 0.15) is 20.3 Å². The minimum atomic E-state index is -2.06. The Bertz CT molecular complexity index is 249. The zero-order chi connectivity index (χ0) is 10.2. The third kappa shape index (κ3) is 1.64. The number of alkyl halides is 1. The van der Waals surface area contributed by atoms with Crippen LogP contribution in [0.25, 0.3) is 0 Å². The monoisotopic (exact) mass is 190 g/mol. The van der Waals surface area contributed by atoms with Crippen LogP contribution in [-0.2, 0) is 14.3 Å². The number of carbonyl (C=O) groups is 2. The quantitative estimate of drug-likeness (QED) is 0.652. The molecule has 1 heterocycles. The van der Waals surface area contributed by atoms with Gasteiger partial charge in [0.25, 0.3) is 0 Å². The van der Waals surface area contributed by atoms with Gasteiger partial charge in [-0.05, 0) is 6.92 Å². The maximum absolute atomic E-state index is 13.4. The number of hydrogen-bond acceptors (Lipinski definition) is 3. The van der Waals surface area contributed by atoms with Gasteiger partial charge in [-0.3, -0.25) is 4.79 Å². The molecule has 1 saturated heterocycles. The van der Waals surface area contributed by atoms with E-state index in [2.05, 4.69) is 4.74 Å². The summed E-state index contributed by atoms with van der Waals surface area (Å²) in [5.74, 6) is -2.77. The second-order valence-corrected chi connectivity index (χ2v) is 3.41. The molecule has 0 aromatic carbocycles. The summed E-state index contributed by atoms with van der Waals surface area (Å²) in [6.07, 6.45) is -1.19. The molecule has 0 bridgehead atoms. The van der Waals surface area contributed by atoms with Gasteiger partial charge in [0.2, 0.25) is 5.67 Å². The molecule has 1 fully saturated rings. The van der Waals surface area contributed by atoms with Gasteiger partial charge in [-0.25, -0.2) is 9.18 Å². The molecule has 1 rings (SSSR count). The molecule has 4 nitrogen and oxygen atoms in total. The summed E-state index contributed by atoms with van der Waals surface area (Å²) < 4.78 is 18.0. The van der Waals surface area contributed by atoms with Crippen LogP contribution in [0.4, 0.5) is 4.39 Å². The number of ether oxygens (including phenoxy) is 1. The lowest BCUT2D eigenvalue weighted by Gasteiger charge is -2.15. The molecule has 74 valence electrons. The highest BCUT2D eigenvalue weighted by Crippen LogP contribution is 2.36. The predicted octanol–water partition coefficient (Wildman–Crippen LogP) is 0.751. The molecule has 1 aliphatic rings. The van der Waals surface area contributed by atoms with E-state index in [4.69, 9.17) is 5.11 Å². The number of cyclic esters (lactones) is 1. The van der Waals surface area contributed by atoms with E-state index in [1.54, 1.807) is 0 Å². The lowest BCUT2D eigenvalue weighted by Crippen LogP contribution is -2.32. The zero-order valence-corrected chi connectivity index (χ0v) is 7.41. The second-order valence-electron chi connectivity index (χ2n) is 3.41. The highest BCUT2D eigenvalue weighted by atomic mass is 19.1. The van der Waals surface area contributed by atoms with Gasteiger partial charge in [0, 0.05) is 5.92 Å². The van der Waals surface area contributed by atoms with Crippen molar-refractivity contribution in [1.82, 2.24) is 0 Å². The van der Waals surface area contributed by atoms with Crippen LogP contribution in [-0.4, -0.2) is 28.8 Å². The molecule has 0 radical (unpaired) electrons. The van der Waals surface area contributed by atoms with Crippen molar-refractivity contribution >= 4 is 11.9 Å². The van der Waals surface area contributed by atoms with Gasteiger partial charge in [0.15, 0.2) is 0 Å². The summed E-state index contributed by atoms with van der Waals surface area (Å²) >= 11 is 0.